The number of piperazine rings is 1. The maximum atomic E-state index is 11.8. The molecule has 0 bridgehead atoms. The van der Waals surface area contributed by atoms with E-state index >= 15 is 0 Å². The molecule has 1 N–H and O–H groups in total. The van der Waals surface area contributed by atoms with Gasteiger partial charge in [0.2, 0.25) is 5.91 Å². The molecule has 6 heteroatoms. The van der Waals surface area contributed by atoms with Crippen molar-refractivity contribution in [3.05, 3.63) is 29.3 Å². The van der Waals surface area contributed by atoms with E-state index in [1.807, 2.05) is 19.1 Å². The van der Waals surface area contributed by atoms with Gasteiger partial charge in [0, 0.05) is 49.5 Å². The Labute approximate surface area is 174 Å². The predicted octanol–water partition coefficient (Wildman–Crippen LogP) is 3.56. The normalized spacial score (nSPS) is 23.6. The van der Waals surface area contributed by atoms with E-state index in [2.05, 4.69) is 27.2 Å². The third kappa shape index (κ3) is 6.64. The average Bonchev–Trinajstić information content (AvgIpc) is 2.73. The van der Waals surface area contributed by atoms with Crippen molar-refractivity contribution >= 4 is 23.2 Å². The summed E-state index contributed by atoms with van der Waals surface area (Å²) in [6.45, 7) is 8.32. The summed E-state index contributed by atoms with van der Waals surface area (Å²) >= 11 is 5.99. The minimum absolute atomic E-state index is 0.0314. The molecule has 5 nitrogen and oxygen atoms in total. The first-order valence-corrected chi connectivity index (χ1v) is 11.1. The van der Waals surface area contributed by atoms with Crippen molar-refractivity contribution in [3.8, 4) is 0 Å². The van der Waals surface area contributed by atoms with Crippen LogP contribution in [0.25, 0.3) is 0 Å². The number of carbonyl (C=O) groups is 1. The molecular weight excluding hydrogens is 374 g/mol. The smallest absolute Gasteiger partial charge is 0.246 e. The van der Waals surface area contributed by atoms with Gasteiger partial charge in [0.05, 0.1) is 0 Å². The molecule has 1 aromatic carbocycles. The monoisotopic (exact) mass is 407 g/mol. The highest BCUT2D eigenvalue weighted by atomic mass is 35.5. The number of nitrogens with zero attached hydrogens (tertiary/aromatic N) is 2. The van der Waals surface area contributed by atoms with Gasteiger partial charge in [-0.3, -0.25) is 9.69 Å². The number of benzene rings is 1. The van der Waals surface area contributed by atoms with Crippen LogP contribution in [0.4, 0.5) is 5.69 Å². The number of carbonyl (C=O) groups excluding carboxylic acids is 1. The summed E-state index contributed by atoms with van der Waals surface area (Å²) in [5.74, 6) is 0.832. The molecule has 2 aliphatic rings. The first-order chi connectivity index (χ1) is 13.6. The third-order valence-corrected chi connectivity index (χ3v) is 6.32. The van der Waals surface area contributed by atoms with E-state index in [4.69, 9.17) is 16.3 Å². The standard InChI is InChI=1S/C22H34ClN3O2/c1-2-28-17-22(27)24-20-7-3-18(4-8-20)11-12-25-13-15-26(16-14-25)21-9-5-19(23)6-10-21/h5-6,9-10,18,20H,2-4,7-8,11-17H2,1H3,(H,24,27). The van der Waals surface area contributed by atoms with Crippen molar-refractivity contribution in [3.63, 3.8) is 0 Å². The molecule has 156 valence electrons. The number of hydrogen-bond donors (Lipinski definition) is 1. The Morgan fingerprint density at radius 2 is 1.79 bits per heavy atom. The van der Waals surface area contributed by atoms with Gasteiger partial charge in [-0.25, -0.2) is 0 Å². The maximum Gasteiger partial charge on any atom is 0.246 e. The molecule has 0 spiro atoms. The Morgan fingerprint density at radius 1 is 1.11 bits per heavy atom. The van der Waals surface area contributed by atoms with Gasteiger partial charge in [0.1, 0.15) is 6.61 Å². The minimum atomic E-state index is 0.0314. The molecule has 0 atom stereocenters. The van der Waals surface area contributed by atoms with Gasteiger partial charge < -0.3 is 15.0 Å². The molecule has 3 rings (SSSR count). The molecule has 0 unspecified atom stereocenters. The van der Waals surface area contributed by atoms with Crippen LogP contribution >= 0.6 is 11.6 Å². The highest BCUT2D eigenvalue weighted by molar-refractivity contribution is 6.30. The summed E-state index contributed by atoms with van der Waals surface area (Å²) in [4.78, 5) is 16.8. The number of halogens is 1. The first-order valence-electron chi connectivity index (χ1n) is 10.7. The van der Waals surface area contributed by atoms with Gasteiger partial charge in [-0.2, -0.15) is 0 Å². The van der Waals surface area contributed by atoms with Crippen LogP contribution < -0.4 is 10.2 Å². The van der Waals surface area contributed by atoms with Crippen molar-refractivity contribution in [2.75, 3.05) is 50.8 Å². The molecule has 1 aliphatic carbocycles. The fraction of sp³-hybridized carbons (Fsp3) is 0.682. The zero-order valence-corrected chi connectivity index (χ0v) is 17.8. The van der Waals surface area contributed by atoms with Crippen molar-refractivity contribution in [1.82, 2.24) is 10.2 Å². The SMILES string of the molecule is CCOCC(=O)NC1CCC(CCN2CCN(c3ccc(Cl)cc3)CC2)CC1. The Hall–Kier alpha value is -1.30. The minimum Gasteiger partial charge on any atom is -0.372 e. The van der Waals surface area contributed by atoms with Crippen molar-refractivity contribution < 1.29 is 9.53 Å². The molecular formula is C22H34ClN3O2. The van der Waals surface area contributed by atoms with Crippen molar-refractivity contribution in [1.29, 1.82) is 0 Å². The van der Waals surface area contributed by atoms with Crippen LogP contribution in [0.15, 0.2) is 24.3 Å². The van der Waals surface area contributed by atoms with Crippen LogP contribution in [0.5, 0.6) is 0 Å². The van der Waals surface area contributed by atoms with E-state index < -0.39 is 0 Å². The van der Waals surface area contributed by atoms with Crippen LogP contribution in [0.1, 0.15) is 39.0 Å². The second kappa shape index (κ2) is 11.0. The van der Waals surface area contributed by atoms with Gasteiger partial charge in [0.25, 0.3) is 0 Å². The van der Waals surface area contributed by atoms with E-state index in [0.717, 1.165) is 50.0 Å². The summed E-state index contributed by atoms with van der Waals surface area (Å²) in [6, 6.07) is 8.51. The number of hydrogen-bond acceptors (Lipinski definition) is 4. The molecule has 1 saturated heterocycles. The molecule has 0 radical (unpaired) electrons. The van der Waals surface area contributed by atoms with Gasteiger partial charge >= 0.3 is 0 Å². The lowest BCUT2D eigenvalue weighted by molar-refractivity contribution is -0.126. The van der Waals surface area contributed by atoms with Gasteiger partial charge in [-0.1, -0.05) is 11.6 Å². The fourth-order valence-corrected chi connectivity index (χ4v) is 4.43. The van der Waals surface area contributed by atoms with Crippen LogP contribution in [0.2, 0.25) is 5.02 Å². The molecule has 0 aromatic heterocycles. The predicted molar refractivity (Wildman–Crippen MR) is 115 cm³/mol. The Kier molecular flexibility index (Phi) is 8.44. The average molecular weight is 408 g/mol. The molecule has 1 aromatic rings. The fourth-order valence-electron chi connectivity index (χ4n) is 4.31. The molecule has 1 saturated carbocycles. The number of amides is 1. The quantitative estimate of drug-likeness (QED) is 0.715. The summed E-state index contributed by atoms with van der Waals surface area (Å²) in [6.07, 6.45) is 5.94. The second-order valence-electron chi connectivity index (χ2n) is 8.02. The van der Waals surface area contributed by atoms with Gasteiger partial charge in [0.15, 0.2) is 0 Å². The third-order valence-electron chi connectivity index (χ3n) is 6.07. The van der Waals surface area contributed by atoms with Crippen LogP contribution in [0, 0.1) is 5.92 Å². The summed E-state index contributed by atoms with van der Waals surface area (Å²) < 4.78 is 5.18. The number of anilines is 1. The molecule has 1 aliphatic heterocycles. The number of rotatable bonds is 8. The molecule has 1 heterocycles. The Morgan fingerprint density at radius 3 is 2.43 bits per heavy atom. The number of ether oxygens (including phenoxy) is 1. The largest absolute Gasteiger partial charge is 0.372 e. The van der Waals surface area contributed by atoms with Crippen LogP contribution in [-0.2, 0) is 9.53 Å². The van der Waals surface area contributed by atoms with E-state index in [1.54, 1.807) is 0 Å². The summed E-state index contributed by atoms with van der Waals surface area (Å²) in [5.41, 5.74) is 1.27. The van der Waals surface area contributed by atoms with Crippen LogP contribution in [-0.4, -0.2) is 62.8 Å². The molecule has 28 heavy (non-hydrogen) atoms. The summed E-state index contributed by atoms with van der Waals surface area (Å²) in [5, 5.41) is 3.91. The second-order valence-corrected chi connectivity index (χ2v) is 8.45. The molecule has 1 amide bonds. The summed E-state index contributed by atoms with van der Waals surface area (Å²) in [7, 11) is 0. The van der Waals surface area contributed by atoms with E-state index in [1.165, 1.54) is 31.5 Å². The van der Waals surface area contributed by atoms with Crippen molar-refractivity contribution in [2.24, 2.45) is 5.92 Å². The molecule has 2 fully saturated rings. The highest BCUT2D eigenvalue weighted by Crippen LogP contribution is 2.27. The maximum absolute atomic E-state index is 11.8. The van der Waals surface area contributed by atoms with E-state index in [9.17, 15) is 4.79 Å². The zero-order valence-electron chi connectivity index (χ0n) is 17.0. The van der Waals surface area contributed by atoms with Crippen molar-refractivity contribution in [2.45, 2.75) is 45.1 Å². The topological polar surface area (TPSA) is 44.8 Å². The van der Waals surface area contributed by atoms with E-state index in [0.29, 0.717) is 12.6 Å². The Bertz CT molecular complexity index is 594. The van der Waals surface area contributed by atoms with Gasteiger partial charge in [-0.15, -0.1) is 0 Å². The zero-order chi connectivity index (χ0) is 19.8. The van der Waals surface area contributed by atoms with E-state index in [-0.39, 0.29) is 12.5 Å². The lowest BCUT2D eigenvalue weighted by Gasteiger charge is -2.37. The highest BCUT2D eigenvalue weighted by Gasteiger charge is 2.24. The Balaban J connectivity index is 1.30. The number of nitrogens with one attached hydrogen (secondary N) is 1. The lowest BCUT2D eigenvalue weighted by Crippen LogP contribution is -2.47. The van der Waals surface area contributed by atoms with Crippen LogP contribution in [0.3, 0.4) is 0 Å². The first kappa shape index (κ1) is 21.4. The lowest BCUT2D eigenvalue weighted by atomic mass is 9.84. The van der Waals surface area contributed by atoms with Gasteiger partial charge in [-0.05, 0) is 75.8 Å².